The molecule has 150 valence electrons. The summed E-state index contributed by atoms with van der Waals surface area (Å²) in [5.41, 5.74) is 3.90. The number of ether oxygens (including phenoxy) is 1. The van der Waals surface area contributed by atoms with Crippen LogP contribution in [-0.2, 0) is 4.79 Å². The molecule has 1 heterocycles. The molecule has 4 rings (SSSR count). The van der Waals surface area contributed by atoms with E-state index in [9.17, 15) is 4.79 Å². The van der Waals surface area contributed by atoms with Crippen molar-refractivity contribution in [3.63, 3.8) is 0 Å². The van der Waals surface area contributed by atoms with Crippen LogP contribution in [0.2, 0.25) is 0 Å². The SMILES string of the molecule is Cc1cccc(N2CCN(C(=O)C(C)Oc3cccc4ccccc34)CC2)c1C. The van der Waals surface area contributed by atoms with Crippen LogP contribution in [-0.4, -0.2) is 43.1 Å². The monoisotopic (exact) mass is 388 g/mol. The van der Waals surface area contributed by atoms with Gasteiger partial charge in [-0.2, -0.15) is 0 Å². The second kappa shape index (κ2) is 8.16. The summed E-state index contributed by atoms with van der Waals surface area (Å²) in [6.45, 7) is 9.29. The molecule has 0 N–H and O–H groups in total. The van der Waals surface area contributed by atoms with E-state index in [4.69, 9.17) is 4.74 Å². The zero-order valence-corrected chi connectivity index (χ0v) is 17.4. The topological polar surface area (TPSA) is 32.8 Å². The van der Waals surface area contributed by atoms with E-state index in [1.165, 1.54) is 16.8 Å². The first-order chi connectivity index (χ1) is 14.0. The van der Waals surface area contributed by atoms with Crippen LogP contribution in [0.4, 0.5) is 5.69 Å². The number of nitrogens with zero attached hydrogens (tertiary/aromatic N) is 2. The molecule has 0 saturated carbocycles. The number of piperazine rings is 1. The van der Waals surface area contributed by atoms with Crippen molar-refractivity contribution in [1.29, 1.82) is 0 Å². The van der Waals surface area contributed by atoms with E-state index < -0.39 is 6.10 Å². The van der Waals surface area contributed by atoms with Crippen molar-refractivity contribution in [3.8, 4) is 5.75 Å². The standard InChI is InChI=1S/C25H28N2O2/c1-18-8-6-12-23(19(18)2)26-14-16-27(17-15-26)25(28)20(3)29-24-13-7-10-21-9-4-5-11-22(21)24/h4-13,20H,14-17H2,1-3H3. The molecule has 0 aliphatic carbocycles. The van der Waals surface area contributed by atoms with E-state index in [0.29, 0.717) is 0 Å². The van der Waals surface area contributed by atoms with E-state index >= 15 is 0 Å². The summed E-state index contributed by atoms with van der Waals surface area (Å²) >= 11 is 0. The molecule has 1 unspecified atom stereocenters. The van der Waals surface area contributed by atoms with Crippen molar-refractivity contribution in [3.05, 3.63) is 71.8 Å². The summed E-state index contributed by atoms with van der Waals surface area (Å²) in [6, 6.07) is 20.5. The molecule has 0 aromatic heterocycles. The number of rotatable bonds is 4. The molecule has 1 aliphatic heterocycles. The molecule has 1 amide bonds. The van der Waals surface area contributed by atoms with Gasteiger partial charge in [-0.15, -0.1) is 0 Å². The lowest BCUT2D eigenvalue weighted by Crippen LogP contribution is -2.52. The molecule has 0 bridgehead atoms. The predicted molar refractivity (Wildman–Crippen MR) is 119 cm³/mol. The van der Waals surface area contributed by atoms with Gasteiger partial charge in [0, 0.05) is 37.3 Å². The number of aryl methyl sites for hydroxylation is 1. The molecule has 1 atom stereocenters. The Labute approximate surface area is 172 Å². The summed E-state index contributed by atoms with van der Waals surface area (Å²) in [6.07, 6.45) is -0.506. The Morgan fingerprint density at radius 2 is 1.59 bits per heavy atom. The molecule has 3 aromatic rings. The van der Waals surface area contributed by atoms with Crippen molar-refractivity contribution in [2.24, 2.45) is 0 Å². The van der Waals surface area contributed by atoms with Crippen molar-refractivity contribution in [2.45, 2.75) is 26.9 Å². The maximum atomic E-state index is 13.0. The van der Waals surface area contributed by atoms with Crippen molar-refractivity contribution in [2.75, 3.05) is 31.1 Å². The van der Waals surface area contributed by atoms with E-state index in [1.54, 1.807) is 0 Å². The van der Waals surface area contributed by atoms with E-state index in [2.05, 4.69) is 49.1 Å². The average molecular weight is 389 g/mol. The number of amides is 1. The first kappa shape index (κ1) is 19.3. The number of fused-ring (bicyclic) bond motifs is 1. The molecular formula is C25H28N2O2. The predicted octanol–water partition coefficient (Wildman–Crippen LogP) is 4.57. The van der Waals surface area contributed by atoms with Crippen molar-refractivity contribution >= 4 is 22.4 Å². The van der Waals surface area contributed by atoms with Gasteiger partial charge in [-0.1, -0.05) is 48.5 Å². The molecule has 1 fully saturated rings. The molecular weight excluding hydrogens is 360 g/mol. The second-order valence-corrected chi connectivity index (χ2v) is 7.77. The maximum absolute atomic E-state index is 13.0. The first-order valence-corrected chi connectivity index (χ1v) is 10.3. The number of hydrogen-bond donors (Lipinski definition) is 0. The highest BCUT2D eigenvalue weighted by Crippen LogP contribution is 2.27. The number of carbonyl (C=O) groups excluding carboxylic acids is 1. The number of benzene rings is 3. The van der Waals surface area contributed by atoms with Gasteiger partial charge < -0.3 is 14.5 Å². The van der Waals surface area contributed by atoms with Crippen LogP contribution < -0.4 is 9.64 Å². The van der Waals surface area contributed by atoms with Gasteiger partial charge in [0.25, 0.3) is 5.91 Å². The number of anilines is 1. The molecule has 0 radical (unpaired) electrons. The third kappa shape index (κ3) is 3.93. The second-order valence-electron chi connectivity index (χ2n) is 7.77. The van der Waals surface area contributed by atoms with Crippen LogP contribution in [0.25, 0.3) is 10.8 Å². The maximum Gasteiger partial charge on any atom is 0.263 e. The number of hydrogen-bond acceptors (Lipinski definition) is 3. The normalized spacial score (nSPS) is 15.4. The van der Waals surface area contributed by atoms with Gasteiger partial charge in [0.05, 0.1) is 0 Å². The Hall–Kier alpha value is -3.01. The number of carbonyl (C=O) groups is 1. The zero-order chi connectivity index (χ0) is 20.4. The quantitative estimate of drug-likeness (QED) is 0.656. The van der Waals surface area contributed by atoms with Gasteiger partial charge in [-0.25, -0.2) is 0 Å². The molecule has 0 spiro atoms. The molecule has 29 heavy (non-hydrogen) atoms. The minimum atomic E-state index is -0.506. The first-order valence-electron chi connectivity index (χ1n) is 10.3. The fraction of sp³-hybridized carbons (Fsp3) is 0.320. The lowest BCUT2D eigenvalue weighted by Gasteiger charge is -2.38. The third-order valence-electron chi connectivity index (χ3n) is 5.91. The van der Waals surface area contributed by atoms with Gasteiger partial charge in [0.1, 0.15) is 5.75 Å². The third-order valence-corrected chi connectivity index (χ3v) is 5.91. The van der Waals surface area contributed by atoms with Gasteiger partial charge >= 0.3 is 0 Å². The molecule has 4 heteroatoms. The van der Waals surface area contributed by atoms with Crippen molar-refractivity contribution in [1.82, 2.24) is 4.90 Å². The Bertz CT molecular complexity index is 1020. The highest BCUT2D eigenvalue weighted by molar-refractivity contribution is 5.89. The Morgan fingerprint density at radius 1 is 0.897 bits per heavy atom. The summed E-state index contributed by atoms with van der Waals surface area (Å²) in [4.78, 5) is 17.3. The molecule has 3 aromatic carbocycles. The van der Waals surface area contributed by atoms with Crippen LogP contribution in [0, 0.1) is 13.8 Å². The smallest absolute Gasteiger partial charge is 0.263 e. The highest BCUT2D eigenvalue weighted by Gasteiger charge is 2.27. The molecule has 1 aliphatic rings. The largest absolute Gasteiger partial charge is 0.480 e. The van der Waals surface area contributed by atoms with Gasteiger partial charge in [-0.3, -0.25) is 4.79 Å². The summed E-state index contributed by atoms with van der Waals surface area (Å²) in [5, 5.41) is 2.15. The van der Waals surface area contributed by atoms with Crippen LogP contribution in [0.3, 0.4) is 0 Å². The van der Waals surface area contributed by atoms with Gasteiger partial charge in [-0.05, 0) is 49.4 Å². The van der Waals surface area contributed by atoms with E-state index in [1.807, 2.05) is 42.2 Å². The Morgan fingerprint density at radius 3 is 2.38 bits per heavy atom. The fourth-order valence-corrected chi connectivity index (χ4v) is 4.04. The fourth-order valence-electron chi connectivity index (χ4n) is 4.04. The van der Waals surface area contributed by atoms with Crippen LogP contribution in [0.1, 0.15) is 18.1 Å². The van der Waals surface area contributed by atoms with Crippen LogP contribution >= 0.6 is 0 Å². The Balaban J connectivity index is 1.41. The average Bonchev–Trinajstić information content (AvgIpc) is 2.75. The molecule has 4 nitrogen and oxygen atoms in total. The zero-order valence-electron chi connectivity index (χ0n) is 17.4. The van der Waals surface area contributed by atoms with Crippen LogP contribution in [0.5, 0.6) is 5.75 Å². The summed E-state index contributed by atoms with van der Waals surface area (Å²) in [7, 11) is 0. The van der Waals surface area contributed by atoms with Gasteiger partial charge in [0.15, 0.2) is 6.10 Å². The minimum absolute atomic E-state index is 0.0542. The lowest BCUT2D eigenvalue weighted by molar-refractivity contribution is -0.138. The van der Waals surface area contributed by atoms with E-state index in [-0.39, 0.29) is 5.91 Å². The van der Waals surface area contributed by atoms with E-state index in [0.717, 1.165) is 42.7 Å². The lowest BCUT2D eigenvalue weighted by atomic mass is 10.1. The highest BCUT2D eigenvalue weighted by atomic mass is 16.5. The minimum Gasteiger partial charge on any atom is -0.480 e. The molecule has 1 saturated heterocycles. The summed E-state index contributed by atoms with van der Waals surface area (Å²) < 4.78 is 6.08. The van der Waals surface area contributed by atoms with Crippen molar-refractivity contribution < 1.29 is 9.53 Å². The Kier molecular flexibility index (Phi) is 5.43. The van der Waals surface area contributed by atoms with Gasteiger partial charge in [0.2, 0.25) is 0 Å². The van der Waals surface area contributed by atoms with Crippen LogP contribution in [0.15, 0.2) is 60.7 Å². The summed E-state index contributed by atoms with van der Waals surface area (Å²) in [5.74, 6) is 0.816.